The van der Waals surface area contributed by atoms with Crippen molar-refractivity contribution in [3.05, 3.63) is 97.7 Å². The molecule has 0 unspecified atom stereocenters. The molecule has 4 aromatic rings. The van der Waals surface area contributed by atoms with Gasteiger partial charge in [0.15, 0.2) is 11.2 Å². The van der Waals surface area contributed by atoms with Crippen molar-refractivity contribution in [2.24, 2.45) is 7.05 Å². The number of aromatic amines is 1. The van der Waals surface area contributed by atoms with E-state index in [1.54, 1.807) is 7.05 Å². The van der Waals surface area contributed by atoms with Gasteiger partial charge in [-0.2, -0.15) is 4.98 Å². The zero-order valence-corrected chi connectivity index (χ0v) is 20.3. The zero-order valence-electron chi connectivity index (χ0n) is 19.5. The number of imidazole rings is 1. The van der Waals surface area contributed by atoms with E-state index >= 15 is 0 Å². The summed E-state index contributed by atoms with van der Waals surface area (Å²) in [7, 11) is 1.62. The molecule has 1 saturated heterocycles. The summed E-state index contributed by atoms with van der Waals surface area (Å²) in [5.74, 6) is 0.672. The average molecular weight is 491 g/mol. The van der Waals surface area contributed by atoms with E-state index in [1.165, 1.54) is 10.1 Å². The maximum Gasteiger partial charge on any atom is 0.329 e. The van der Waals surface area contributed by atoms with Crippen LogP contribution in [0.2, 0.25) is 5.02 Å². The molecule has 9 heteroatoms. The van der Waals surface area contributed by atoms with Gasteiger partial charge in [0, 0.05) is 44.8 Å². The number of fused-ring (bicyclic) bond motifs is 1. The zero-order chi connectivity index (χ0) is 24.4. The predicted molar refractivity (Wildman–Crippen MR) is 140 cm³/mol. The summed E-state index contributed by atoms with van der Waals surface area (Å²) in [5, 5.41) is 0.622. The Morgan fingerprint density at radius 2 is 1.71 bits per heavy atom. The van der Waals surface area contributed by atoms with Gasteiger partial charge in [-0.15, -0.1) is 0 Å². The first-order valence-electron chi connectivity index (χ1n) is 11.6. The summed E-state index contributed by atoms with van der Waals surface area (Å²) in [5.41, 5.74) is 1.89. The SMILES string of the molecule is Cn1c(=O)[nH]c(=O)c2c1nc(N1CCN(C/C=C/c3ccccc3)CC1)n2Cc1ccccc1Cl. The van der Waals surface area contributed by atoms with Gasteiger partial charge in [-0.1, -0.05) is 72.3 Å². The first-order chi connectivity index (χ1) is 17.0. The van der Waals surface area contributed by atoms with Gasteiger partial charge in [-0.3, -0.25) is 23.8 Å². The Labute approximate surface area is 207 Å². The molecule has 3 heterocycles. The first kappa shape index (κ1) is 23.1. The molecule has 0 amide bonds. The number of aryl methyl sites for hydroxylation is 1. The third kappa shape index (κ3) is 4.80. The second-order valence-electron chi connectivity index (χ2n) is 8.68. The van der Waals surface area contributed by atoms with Crippen molar-refractivity contribution in [2.45, 2.75) is 6.54 Å². The normalized spacial score (nSPS) is 14.9. The Kier molecular flexibility index (Phi) is 6.57. The molecule has 1 fully saturated rings. The third-order valence-electron chi connectivity index (χ3n) is 6.40. The first-order valence-corrected chi connectivity index (χ1v) is 12.0. The van der Waals surface area contributed by atoms with Crippen LogP contribution in [0.5, 0.6) is 0 Å². The summed E-state index contributed by atoms with van der Waals surface area (Å²) in [4.78, 5) is 36.8. The standard InChI is InChI=1S/C26H27ClN6O2/c1-30-23-22(24(34)29-26(30)35)33(18-20-11-5-6-12-21(20)27)25(28-23)32-16-14-31(15-17-32)13-7-10-19-8-3-2-4-9-19/h2-12H,13-18H2,1H3,(H,29,34,35)/b10-7+. The van der Waals surface area contributed by atoms with Crippen molar-refractivity contribution in [1.29, 1.82) is 0 Å². The van der Waals surface area contributed by atoms with Crippen molar-refractivity contribution in [2.75, 3.05) is 37.6 Å². The number of nitrogens with one attached hydrogen (secondary N) is 1. The second kappa shape index (κ2) is 9.93. The molecular weight excluding hydrogens is 464 g/mol. The Balaban J connectivity index is 1.41. The lowest BCUT2D eigenvalue weighted by Crippen LogP contribution is -2.47. The Hall–Kier alpha value is -3.62. The summed E-state index contributed by atoms with van der Waals surface area (Å²) >= 11 is 6.44. The molecular formula is C26H27ClN6O2. The van der Waals surface area contributed by atoms with Crippen molar-refractivity contribution >= 4 is 34.8 Å². The minimum atomic E-state index is -0.480. The van der Waals surface area contributed by atoms with Crippen LogP contribution < -0.4 is 16.1 Å². The van der Waals surface area contributed by atoms with Crippen LogP contribution in [-0.4, -0.2) is 56.7 Å². The minimum absolute atomic E-state index is 0.369. The Morgan fingerprint density at radius 3 is 2.46 bits per heavy atom. The highest BCUT2D eigenvalue weighted by atomic mass is 35.5. The van der Waals surface area contributed by atoms with Gasteiger partial charge in [0.1, 0.15) is 0 Å². The fraction of sp³-hybridized carbons (Fsp3) is 0.269. The van der Waals surface area contributed by atoms with E-state index in [0.717, 1.165) is 38.3 Å². The molecule has 1 aliphatic rings. The topological polar surface area (TPSA) is 79.2 Å². The fourth-order valence-corrected chi connectivity index (χ4v) is 4.64. The molecule has 0 aliphatic carbocycles. The van der Waals surface area contributed by atoms with Crippen molar-refractivity contribution in [3.63, 3.8) is 0 Å². The van der Waals surface area contributed by atoms with Crippen LogP contribution >= 0.6 is 11.6 Å². The molecule has 180 valence electrons. The van der Waals surface area contributed by atoms with E-state index in [4.69, 9.17) is 16.6 Å². The lowest BCUT2D eigenvalue weighted by molar-refractivity contribution is 0.282. The van der Waals surface area contributed by atoms with Crippen LogP contribution in [0.15, 0.2) is 70.3 Å². The van der Waals surface area contributed by atoms with Crippen molar-refractivity contribution in [3.8, 4) is 0 Å². The molecule has 0 radical (unpaired) electrons. The molecule has 0 bridgehead atoms. The summed E-state index contributed by atoms with van der Waals surface area (Å²) < 4.78 is 3.26. The largest absolute Gasteiger partial charge is 0.340 e. The molecule has 35 heavy (non-hydrogen) atoms. The monoisotopic (exact) mass is 490 g/mol. The summed E-state index contributed by atoms with van der Waals surface area (Å²) in [6.07, 6.45) is 4.33. The van der Waals surface area contributed by atoms with Gasteiger partial charge < -0.3 is 4.90 Å². The van der Waals surface area contributed by atoms with Crippen LogP contribution in [-0.2, 0) is 13.6 Å². The number of hydrogen-bond acceptors (Lipinski definition) is 5. The van der Waals surface area contributed by atoms with E-state index in [1.807, 2.05) is 47.0 Å². The minimum Gasteiger partial charge on any atom is -0.340 e. The van der Waals surface area contributed by atoms with E-state index < -0.39 is 11.2 Å². The van der Waals surface area contributed by atoms with Gasteiger partial charge >= 0.3 is 5.69 Å². The summed E-state index contributed by atoms with van der Waals surface area (Å²) in [6, 6.07) is 17.8. The molecule has 1 aliphatic heterocycles. The van der Waals surface area contributed by atoms with E-state index in [-0.39, 0.29) is 0 Å². The molecule has 8 nitrogen and oxygen atoms in total. The molecule has 0 atom stereocenters. The number of aromatic nitrogens is 4. The third-order valence-corrected chi connectivity index (χ3v) is 6.77. The number of benzene rings is 2. The van der Waals surface area contributed by atoms with E-state index in [2.05, 4.69) is 39.1 Å². The second-order valence-corrected chi connectivity index (χ2v) is 9.09. The molecule has 0 spiro atoms. The van der Waals surface area contributed by atoms with Crippen molar-refractivity contribution in [1.82, 2.24) is 24.0 Å². The number of halogens is 1. The molecule has 2 aromatic carbocycles. The lowest BCUT2D eigenvalue weighted by atomic mass is 10.2. The van der Waals surface area contributed by atoms with E-state index in [0.29, 0.717) is 28.7 Å². The maximum atomic E-state index is 12.8. The smallest absolute Gasteiger partial charge is 0.329 e. The highest BCUT2D eigenvalue weighted by Crippen LogP contribution is 2.25. The average Bonchev–Trinajstić information content (AvgIpc) is 3.25. The number of H-pyrrole nitrogens is 1. The van der Waals surface area contributed by atoms with Gasteiger partial charge in [0.25, 0.3) is 5.56 Å². The number of anilines is 1. The number of piperazine rings is 1. The van der Waals surface area contributed by atoms with Gasteiger partial charge in [0.2, 0.25) is 5.95 Å². The highest BCUT2D eigenvalue weighted by Gasteiger charge is 2.25. The van der Waals surface area contributed by atoms with Gasteiger partial charge in [-0.05, 0) is 17.2 Å². The maximum absolute atomic E-state index is 12.8. The Bertz CT molecular complexity index is 1480. The Morgan fingerprint density at radius 1 is 1.00 bits per heavy atom. The van der Waals surface area contributed by atoms with Gasteiger partial charge in [0.05, 0.1) is 6.54 Å². The number of nitrogens with zero attached hydrogens (tertiary/aromatic N) is 5. The lowest BCUT2D eigenvalue weighted by Gasteiger charge is -2.35. The molecule has 2 aromatic heterocycles. The van der Waals surface area contributed by atoms with Crippen LogP contribution in [0.1, 0.15) is 11.1 Å². The predicted octanol–water partition coefficient (Wildman–Crippen LogP) is 2.96. The van der Waals surface area contributed by atoms with Crippen molar-refractivity contribution < 1.29 is 0 Å². The molecule has 0 saturated carbocycles. The quantitative estimate of drug-likeness (QED) is 0.449. The van der Waals surface area contributed by atoms with Gasteiger partial charge in [-0.25, -0.2) is 4.79 Å². The molecule has 5 rings (SSSR count). The van der Waals surface area contributed by atoms with Crippen LogP contribution in [0.25, 0.3) is 17.2 Å². The number of hydrogen-bond donors (Lipinski definition) is 1. The molecule has 1 N–H and O–H groups in total. The van der Waals surface area contributed by atoms with Crippen LogP contribution in [0.4, 0.5) is 5.95 Å². The fourth-order valence-electron chi connectivity index (χ4n) is 4.44. The number of rotatable bonds is 6. The van der Waals surface area contributed by atoms with E-state index in [9.17, 15) is 9.59 Å². The van der Waals surface area contributed by atoms with Crippen LogP contribution in [0, 0.1) is 0 Å². The van der Waals surface area contributed by atoms with Crippen LogP contribution in [0.3, 0.4) is 0 Å². The highest BCUT2D eigenvalue weighted by molar-refractivity contribution is 6.31. The summed E-state index contributed by atoms with van der Waals surface area (Å²) in [6.45, 7) is 4.50.